The Labute approximate surface area is 145 Å². The highest BCUT2D eigenvalue weighted by molar-refractivity contribution is 6.31. The van der Waals surface area contributed by atoms with Gasteiger partial charge in [-0.2, -0.15) is 0 Å². The molecule has 3 aromatic rings. The summed E-state index contributed by atoms with van der Waals surface area (Å²) in [6, 6.07) is 12.5. The van der Waals surface area contributed by atoms with Gasteiger partial charge >= 0.3 is 0 Å². The number of carbonyl (C=O) groups excluding carboxylic acids is 2. The number of phenols is 1. The predicted octanol–water partition coefficient (Wildman–Crippen LogP) is 2.86. The minimum Gasteiger partial charge on any atom is -0.507 e. The minimum absolute atomic E-state index is 0.0769. The molecule has 3 aromatic carbocycles. The summed E-state index contributed by atoms with van der Waals surface area (Å²) >= 11 is 0. The van der Waals surface area contributed by atoms with E-state index in [1.54, 1.807) is 6.07 Å². The van der Waals surface area contributed by atoms with Gasteiger partial charge in [-0.1, -0.05) is 24.3 Å². The molecule has 126 valence electrons. The van der Waals surface area contributed by atoms with Crippen LogP contribution in [-0.4, -0.2) is 53.9 Å². The van der Waals surface area contributed by atoms with Crippen LogP contribution in [0, 0.1) is 0 Å². The van der Waals surface area contributed by atoms with Gasteiger partial charge in [-0.05, 0) is 43.1 Å². The van der Waals surface area contributed by atoms with Gasteiger partial charge in [0.05, 0.1) is 5.56 Å². The lowest BCUT2D eigenvalue weighted by molar-refractivity contribution is 0.0602. The Hall–Kier alpha value is -2.92. The van der Waals surface area contributed by atoms with E-state index in [0.717, 1.165) is 10.8 Å². The molecular weight excluding hydrogens is 316 g/mol. The van der Waals surface area contributed by atoms with Crippen molar-refractivity contribution in [3.05, 3.63) is 53.6 Å². The van der Waals surface area contributed by atoms with E-state index in [0.29, 0.717) is 35.0 Å². The van der Waals surface area contributed by atoms with Crippen LogP contribution in [0.25, 0.3) is 21.5 Å². The van der Waals surface area contributed by atoms with Crippen molar-refractivity contribution < 1.29 is 14.7 Å². The number of amides is 2. The van der Waals surface area contributed by atoms with Crippen molar-refractivity contribution in [2.45, 2.75) is 0 Å². The summed E-state index contributed by atoms with van der Waals surface area (Å²) < 4.78 is 0. The third-order valence-electron chi connectivity index (χ3n) is 4.71. The molecule has 5 heteroatoms. The number of rotatable bonds is 3. The second kappa shape index (κ2) is 5.57. The molecule has 0 saturated carbocycles. The van der Waals surface area contributed by atoms with Crippen LogP contribution in [0.4, 0.5) is 0 Å². The van der Waals surface area contributed by atoms with Gasteiger partial charge in [0, 0.05) is 29.4 Å². The lowest BCUT2D eigenvalue weighted by atomic mass is 9.89. The number of likely N-dealkylation sites (N-methyl/N-ethyl adjacent to an activating group) is 1. The van der Waals surface area contributed by atoms with Crippen molar-refractivity contribution in [1.82, 2.24) is 9.80 Å². The van der Waals surface area contributed by atoms with Crippen molar-refractivity contribution in [2.24, 2.45) is 0 Å². The Morgan fingerprint density at radius 1 is 1.00 bits per heavy atom. The maximum Gasteiger partial charge on any atom is 0.262 e. The van der Waals surface area contributed by atoms with E-state index in [1.165, 1.54) is 11.0 Å². The van der Waals surface area contributed by atoms with Gasteiger partial charge in [0.25, 0.3) is 11.8 Å². The highest BCUT2D eigenvalue weighted by Crippen LogP contribution is 2.39. The molecule has 4 rings (SSSR count). The lowest BCUT2D eigenvalue weighted by Crippen LogP contribution is -2.43. The first-order chi connectivity index (χ1) is 12.0. The van der Waals surface area contributed by atoms with E-state index < -0.39 is 0 Å². The highest BCUT2D eigenvalue weighted by atomic mass is 16.3. The summed E-state index contributed by atoms with van der Waals surface area (Å²) in [5.41, 5.74) is 0.962. The average molecular weight is 334 g/mol. The minimum atomic E-state index is -0.306. The first-order valence-corrected chi connectivity index (χ1v) is 8.17. The molecule has 0 aromatic heterocycles. The fourth-order valence-corrected chi connectivity index (χ4v) is 3.44. The standard InChI is InChI=1S/C20H18N2O3/c1-21(2)9-10-22-19(24)14-7-8-16(23)15-11-12-5-3-4-6-13(12)18(17(14)15)20(22)25/h3-8,11,23H,9-10H2,1-2H3. The first kappa shape index (κ1) is 15.6. The van der Waals surface area contributed by atoms with Gasteiger partial charge in [0.1, 0.15) is 5.75 Å². The third kappa shape index (κ3) is 2.27. The molecule has 0 saturated heterocycles. The van der Waals surface area contributed by atoms with Crippen molar-refractivity contribution >= 4 is 33.4 Å². The first-order valence-electron chi connectivity index (χ1n) is 8.17. The van der Waals surface area contributed by atoms with Crippen molar-refractivity contribution in [3.8, 4) is 5.75 Å². The summed E-state index contributed by atoms with van der Waals surface area (Å²) in [7, 11) is 3.81. The monoisotopic (exact) mass is 334 g/mol. The fourth-order valence-electron chi connectivity index (χ4n) is 3.44. The third-order valence-corrected chi connectivity index (χ3v) is 4.71. The van der Waals surface area contributed by atoms with Gasteiger partial charge in [-0.15, -0.1) is 0 Å². The topological polar surface area (TPSA) is 60.9 Å². The Kier molecular flexibility index (Phi) is 3.47. The second-order valence-electron chi connectivity index (χ2n) is 6.59. The molecule has 0 unspecified atom stereocenters. The summed E-state index contributed by atoms with van der Waals surface area (Å²) in [5.74, 6) is -0.528. The number of aromatic hydroxyl groups is 1. The molecule has 0 atom stereocenters. The zero-order valence-corrected chi connectivity index (χ0v) is 14.1. The van der Waals surface area contributed by atoms with Crippen LogP contribution in [0.1, 0.15) is 20.7 Å². The smallest absolute Gasteiger partial charge is 0.262 e. The van der Waals surface area contributed by atoms with Crippen molar-refractivity contribution in [1.29, 1.82) is 0 Å². The van der Waals surface area contributed by atoms with E-state index in [-0.39, 0.29) is 17.6 Å². The quantitative estimate of drug-likeness (QED) is 0.591. The van der Waals surface area contributed by atoms with Crippen LogP contribution in [0.15, 0.2) is 42.5 Å². The normalized spacial score (nSPS) is 14.1. The average Bonchev–Trinajstić information content (AvgIpc) is 2.59. The molecule has 0 spiro atoms. The number of benzene rings is 3. The van der Waals surface area contributed by atoms with Crippen molar-refractivity contribution in [3.63, 3.8) is 0 Å². The largest absolute Gasteiger partial charge is 0.507 e. The number of fused-ring (bicyclic) bond motifs is 2. The SMILES string of the molecule is CN(C)CCN1C(=O)c2ccc(O)c3cc4ccccc4c(c23)C1=O. The van der Waals surface area contributed by atoms with Crippen LogP contribution in [0.2, 0.25) is 0 Å². The van der Waals surface area contributed by atoms with Crippen LogP contribution in [-0.2, 0) is 0 Å². The molecule has 1 N–H and O–H groups in total. The molecule has 1 heterocycles. The van der Waals surface area contributed by atoms with Crippen LogP contribution >= 0.6 is 0 Å². The van der Waals surface area contributed by atoms with E-state index in [1.807, 2.05) is 49.3 Å². The Morgan fingerprint density at radius 3 is 2.52 bits per heavy atom. The van der Waals surface area contributed by atoms with Gasteiger partial charge in [-0.3, -0.25) is 14.5 Å². The van der Waals surface area contributed by atoms with E-state index in [4.69, 9.17) is 0 Å². The Bertz CT molecular complexity index is 1040. The van der Waals surface area contributed by atoms with Gasteiger partial charge in [0.15, 0.2) is 0 Å². The second-order valence-corrected chi connectivity index (χ2v) is 6.59. The number of phenolic OH excluding ortho intramolecular Hbond substituents is 1. The molecule has 0 aliphatic carbocycles. The highest BCUT2D eigenvalue weighted by Gasteiger charge is 2.34. The number of carbonyl (C=O) groups is 2. The van der Waals surface area contributed by atoms with Gasteiger partial charge in [-0.25, -0.2) is 0 Å². The Morgan fingerprint density at radius 2 is 1.76 bits per heavy atom. The van der Waals surface area contributed by atoms with Gasteiger partial charge in [0.2, 0.25) is 0 Å². The predicted molar refractivity (Wildman–Crippen MR) is 97.0 cm³/mol. The molecule has 0 fully saturated rings. The number of hydrogen-bond acceptors (Lipinski definition) is 4. The van der Waals surface area contributed by atoms with E-state index in [2.05, 4.69) is 0 Å². The van der Waals surface area contributed by atoms with E-state index >= 15 is 0 Å². The lowest BCUT2D eigenvalue weighted by Gasteiger charge is -2.29. The molecule has 1 aliphatic rings. The van der Waals surface area contributed by atoms with Gasteiger partial charge < -0.3 is 10.0 Å². The molecule has 0 radical (unpaired) electrons. The number of imide groups is 1. The number of hydrogen-bond donors (Lipinski definition) is 1. The fraction of sp³-hybridized carbons (Fsp3) is 0.200. The number of nitrogens with zero attached hydrogens (tertiary/aromatic N) is 2. The maximum absolute atomic E-state index is 13.2. The van der Waals surface area contributed by atoms with Crippen LogP contribution < -0.4 is 0 Å². The van der Waals surface area contributed by atoms with Crippen LogP contribution in [0.5, 0.6) is 5.75 Å². The summed E-state index contributed by atoms with van der Waals surface area (Å²) in [6.07, 6.45) is 0. The summed E-state index contributed by atoms with van der Waals surface area (Å²) in [6.45, 7) is 0.925. The molecular formula is C20H18N2O3. The zero-order valence-electron chi connectivity index (χ0n) is 14.1. The van der Waals surface area contributed by atoms with Crippen molar-refractivity contribution in [2.75, 3.05) is 27.2 Å². The van der Waals surface area contributed by atoms with Crippen LogP contribution in [0.3, 0.4) is 0 Å². The molecule has 2 amide bonds. The summed E-state index contributed by atoms with van der Waals surface area (Å²) in [4.78, 5) is 29.3. The molecule has 5 nitrogen and oxygen atoms in total. The zero-order chi connectivity index (χ0) is 17.7. The molecule has 0 bridgehead atoms. The van der Waals surface area contributed by atoms with E-state index in [9.17, 15) is 14.7 Å². The maximum atomic E-state index is 13.2. The molecule has 1 aliphatic heterocycles. The molecule has 25 heavy (non-hydrogen) atoms. The summed E-state index contributed by atoms with van der Waals surface area (Å²) in [5, 5.41) is 13.0. The Balaban J connectivity index is 2.05.